The van der Waals surface area contributed by atoms with Crippen molar-refractivity contribution in [1.82, 2.24) is 19.9 Å². The Morgan fingerprint density at radius 1 is 1.17 bits per heavy atom. The maximum absolute atomic E-state index is 12.8. The third-order valence-electron chi connectivity index (χ3n) is 5.29. The molecule has 0 radical (unpaired) electrons. The molecule has 6 nitrogen and oxygen atoms in total. The molecular weight excluding hydrogens is 364 g/mol. The number of carbonyl (C=O) groups excluding carboxylic acids is 1. The number of carbonyl (C=O) groups is 1. The van der Waals surface area contributed by atoms with Crippen molar-refractivity contribution in [3.63, 3.8) is 0 Å². The fourth-order valence-corrected chi connectivity index (χ4v) is 3.73. The predicted molar refractivity (Wildman–Crippen MR) is 111 cm³/mol. The van der Waals surface area contributed by atoms with Gasteiger partial charge >= 0.3 is 0 Å². The summed E-state index contributed by atoms with van der Waals surface area (Å²) in [5.41, 5.74) is 3.67. The highest BCUT2D eigenvalue weighted by molar-refractivity contribution is 5.78. The van der Waals surface area contributed by atoms with Crippen molar-refractivity contribution in [1.29, 1.82) is 0 Å². The number of hydrogen-bond acceptors (Lipinski definition) is 5. The van der Waals surface area contributed by atoms with E-state index in [1.807, 2.05) is 47.5 Å². The molecule has 0 unspecified atom stereocenters. The highest BCUT2D eigenvalue weighted by Gasteiger charge is 2.26. The summed E-state index contributed by atoms with van der Waals surface area (Å²) in [6.07, 6.45) is 9.43. The molecule has 1 aliphatic rings. The van der Waals surface area contributed by atoms with Gasteiger partial charge in [0, 0.05) is 43.2 Å². The topological polar surface area (TPSA) is 68.2 Å². The lowest BCUT2D eigenvalue weighted by Gasteiger charge is -2.32. The number of benzene rings is 1. The summed E-state index contributed by atoms with van der Waals surface area (Å²) in [7, 11) is 1.65. The van der Waals surface area contributed by atoms with Crippen LogP contribution >= 0.6 is 0 Å². The van der Waals surface area contributed by atoms with Crippen molar-refractivity contribution in [3.8, 4) is 17.0 Å². The fourth-order valence-electron chi connectivity index (χ4n) is 3.73. The first-order valence-corrected chi connectivity index (χ1v) is 9.86. The number of piperidine rings is 1. The van der Waals surface area contributed by atoms with Crippen LogP contribution in [0.15, 0.2) is 61.2 Å². The lowest BCUT2D eigenvalue weighted by molar-refractivity contribution is -0.131. The Kier molecular flexibility index (Phi) is 5.79. The van der Waals surface area contributed by atoms with E-state index in [9.17, 15) is 4.79 Å². The highest BCUT2D eigenvalue weighted by atomic mass is 16.5. The number of nitrogens with zero attached hydrogens (tertiary/aromatic N) is 4. The number of pyridine rings is 1. The van der Waals surface area contributed by atoms with Gasteiger partial charge in [-0.15, -0.1) is 0 Å². The zero-order valence-electron chi connectivity index (χ0n) is 16.5. The van der Waals surface area contributed by atoms with Gasteiger partial charge in [-0.2, -0.15) is 0 Å². The number of ether oxygens (including phenoxy) is 1. The van der Waals surface area contributed by atoms with E-state index in [1.165, 1.54) is 0 Å². The summed E-state index contributed by atoms with van der Waals surface area (Å²) < 4.78 is 5.32. The number of rotatable bonds is 5. The normalized spacial score (nSPS) is 16.4. The van der Waals surface area contributed by atoms with Gasteiger partial charge in [0.15, 0.2) is 0 Å². The summed E-state index contributed by atoms with van der Waals surface area (Å²) in [6, 6.07) is 11.6. The molecule has 0 spiro atoms. The first kappa shape index (κ1) is 19.1. The summed E-state index contributed by atoms with van der Waals surface area (Å²) in [5, 5.41) is 0. The number of likely N-dealkylation sites (tertiary alicyclic amines) is 1. The first-order chi connectivity index (χ1) is 14.2. The first-order valence-electron chi connectivity index (χ1n) is 9.86. The average molecular weight is 388 g/mol. The molecule has 1 fully saturated rings. The van der Waals surface area contributed by atoms with Crippen LogP contribution in [-0.4, -0.2) is 46.0 Å². The van der Waals surface area contributed by atoms with Crippen LogP contribution in [0.5, 0.6) is 5.75 Å². The van der Waals surface area contributed by atoms with E-state index >= 15 is 0 Å². The van der Waals surface area contributed by atoms with E-state index in [0.29, 0.717) is 13.0 Å². The fraction of sp³-hybridized carbons (Fsp3) is 0.304. The second-order valence-corrected chi connectivity index (χ2v) is 7.28. The molecule has 1 amide bonds. The molecule has 6 heteroatoms. The number of aromatic nitrogens is 3. The molecule has 2 aromatic heterocycles. The van der Waals surface area contributed by atoms with Crippen LogP contribution in [0.2, 0.25) is 0 Å². The van der Waals surface area contributed by atoms with E-state index in [1.54, 1.807) is 25.7 Å². The van der Waals surface area contributed by atoms with Gasteiger partial charge in [0.1, 0.15) is 5.75 Å². The van der Waals surface area contributed by atoms with Crippen LogP contribution in [0.25, 0.3) is 11.3 Å². The van der Waals surface area contributed by atoms with Crippen LogP contribution in [0.3, 0.4) is 0 Å². The van der Waals surface area contributed by atoms with Gasteiger partial charge in [-0.3, -0.25) is 14.8 Å². The van der Waals surface area contributed by atoms with E-state index in [2.05, 4.69) is 9.97 Å². The Balaban J connectivity index is 1.49. The lowest BCUT2D eigenvalue weighted by atomic mass is 9.94. The quantitative estimate of drug-likeness (QED) is 0.669. The zero-order valence-corrected chi connectivity index (χ0v) is 16.5. The summed E-state index contributed by atoms with van der Waals surface area (Å²) in [6.45, 7) is 1.47. The lowest BCUT2D eigenvalue weighted by Crippen LogP contribution is -2.40. The molecule has 0 aliphatic carbocycles. The van der Waals surface area contributed by atoms with Crippen molar-refractivity contribution < 1.29 is 9.53 Å². The third-order valence-corrected chi connectivity index (χ3v) is 5.29. The molecule has 1 atom stereocenters. The third kappa shape index (κ3) is 4.59. The molecule has 1 aromatic carbocycles. The van der Waals surface area contributed by atoms with Crippen LogP contribution < -0.4 is 4.74 Å². The van der Waals surface area contributed by atoms with Crippen LogP contribution in [-0.2, 0) is 11.2 Å². The molecular formula is C23H24N4O2. The van der Waals surface area contributed by atoms with Crippen molar-refractivity contribution >= 4 is 5.91 Å². The van der Waals surface area contributed by atoms with Crippen molar-refractivity contribution in [2.45, 2.75) is 25.2 Å². The van der Waals surface area contributed by atoms with Gasteiger partial charge in [-0.25, -0.2) is 4.98 Å². The zero-order chi connectivity index (χ0) is 20.1. The Morgan fingerprint density at radius 2 is 2.10 bits per heavy atom. The number of methoxy groups -OCH3 is 1. The van der Waals surface area contributed by atoms with Crippen molar-refractivity contribution in [3.05, 3.63) is 72.4 Å². The van der Waals surface area contributed by atoms with E-state index in [4.69, 9.17) is 9.72 Å². The molecule has 0 bridgehead atoms. The Bertz CT molecular complexity index is 977. The number of hydrogen-bond donors (Lipinski definition) is 0. The molecule has 4 rings (SSSR count). The molecule has 1 aliphatic heterocycles. The maximum Gasteiger partial charge on any atom is 0.227 e. The summed E-state index contributed by atoms with van der Waals surface area (Å²) in [4.78, 5) is 28.1. The van der Waals surface area contributed by atoms with Crippen LogP contribution in [0.4, 0.5) is 0 Å². The molecule has 3 aromatic rings. The number of amides is 1. The van der Waals surface area contributed by atoms with Gasteiger partial charge in [-0.1, -0.05) is 18.2 Å². The average Bonchev–Trinajstić information content (AvgIpc) is 2.80. The van der Waals surface area contributed by atoms with Gasteiger partial charge in [0.25, 0.3) is 0 Å². The van der Waals surface area contributed by atoms with E-state index in [0.717, 1.165) is 47.7 Å². The molecule has 0 N–H and O–H groups in total. The maximum atomic E-state index is 12.8. The molecule has 1 saturated heterocycles. The van der Waals surface area contributed by atoms with E-state index < -0.39 is 0 Å². The minimum Gasteiger partial charge on any atom is -0.497 e. The van der Waals surface area contributed by atoms with Gasteiger partial charge in [0.2, 0.25) is 5.91 Å². The van der Waals surface area contributed by atoms with Crippen molar-refractivity contribution in [2.75, 3.05) is 20.2 Å². The van der Waals surface area contributed by atoms with Crippen molar-refractivity contribution in [2.24, 2.45) is 0 Å². The second kappa shape index (κ2) is 8.82. The molecule has 3 heterocycles. The van der Waals surface area contributed by atoms with Crippen LogP contribution in [0.1, 0.15) is 30.0 Å². The highest BCUT2D eigenvalue weighted by Crippen LogP contribution is 2.28. The Morgan fingerprint density at radius 3 is 2.93 bits per heavy atom. The minimum atomic E-state index is 0.139. The molecule has 148 valence electrons. The molecule has 0 saturated carbocycles. The van der Waals surface area contributed by atoms with E-state index in [-0.39, 0.29) is 11.8 Å². The Labute approximate surface area is 170 Å². The minimum absolute atomic E-state index is 0.139. The van der Waals surface area contributed by atoms with Gasteiger partial charge in [-0.05, 0) is 36.6 Å². The van der Waals surface area contributed by atoms with Gasteiger partial charge < -0.3 is 9.64 Å². The molecule has 29 heavy (non-hydrogen) atoms. The van der Waals surface area contributed by atoms with Crippen LogP contribution in [0, 0.1) is 0 Å². The predicted octanol–water partition coefficient (Wildman–Crippen LogP) is 3.50. The summed E-state index contributed by atoms with van der Waals surface area (Å²) >= 11 is 0. The smallest absolute Gasteiger partial charge is 0.227 e. The van der Waals surface area contributed by atoms with Gasteiger partial charge in [0.05, 0.1) is 31.1 Å². The monoisotopic (exact) mass is 388 g/mol. The Hall–Kier alpha value is -3.28. The standard InChI is InChI=1S/C23H24N4O2/c1-29-20-8-2-6-18(12-20)21-14-25-15-22(26-21)19-7-4-10-27(16-19)23(28)11-17-5-3-9-24-13-17/h2-3,5-6,8-9,12-15,19H,4,7,10-11,16H2,1H3/t19-/m0/s1. The summed E-state index contributed by atoms with van der Waals surface area (Å²) in [5.74, 6) is 1.12. The second-order valence-electron chi connectivity index (χ2n) is 7.28. The largest absolute Gasteiger partial charge is 0.497 e. The SMILES string of the molecule is COc1cccc(-c2cncc([C@H]3CCCN(C(=O)Cc4cccnc4)C3)n2)c1.